The molecule has 0 heterocycles. The maximum atomic E-state index is 10.6. The predicted molar refractivity (Wildman–Crippen MR) is 133 cm³/mol. The van der Waals surface area contributed by atoms with E-state index in [9.17, 15) is 15.3 Å². The molecule has 32 heavy (non-hydrogen) atoms. The van der Waals surface area contributed by atoms with Crippen molar-refractivity contribution < 1.29 is 15.3 Å². The van der Waals surface area contributed by atoms with Crippen molar-refractivity contribution in [2.45, 2.75) is 104 Å². The van der Waals surface area contributed by atoms with Gasteiger partial charge >= 0.3 is 0 Å². The molecule has 0 radical (unpaired) electrons. The van der Waals surface area contributed by atoms with Gasteiger partial charge in [-0.3, -0.25) is 0 Å². The summed E-state index contributed by atoms with van der Waals surface area (Å²) < 4.78 is 0. The number of aliphatic hydroxyl groups is 3. The van der Waals surface area contributed by atoms with Gasteiger partial charge in [0, 0.05) is 12.5 Å². The molecular formula is C29H48O3. The zero-order valence-corrected chi connectivity index (χ0v) is 21.0. The molecule has 3 saturated carbocycles. The average Bonchev–Trinajstić information content (AvgIpc) is 3.10. The van der Waals surface area contributed by atoms with Crippen LogP contribution < -0.4 is 0 Å². The van der Waals surface area contributed by atoms with Crippen molar-refractivity contribution in [1.29, 1.82) is 0 Å². The molecule has 3 fully saturated rings. The number of aliphatic hydroxyl groups excluding tert-OH is 3. The molecule has 3 aliphatic rings. The van der Waals surface area contributed by atoms with Gasteiger partial charge in [-0.1, -0.05) is 71.3 Å². The van der Waals surface area contributed by atoms with Crippen molar-refractivity contribution in [3.05, 3.63) is 35.5 Å². The first-order valence-electron chi connectivity index (χ1n) is 13.2. The molecule has 7 atom stereocenters. The van der Waals surface area contributed by atoms with Crippen LogP contribution >= 0.6 is 0 Å². The lowest BCUT2D eigenvalue weighted by atomic mass is 9.60. The van der Waals surface area contributed by atoms with Crippen molar-refractivity contribution in [3.8, 4) is 0 Å². The van der Waals surface area contributed by atoms with E-state index in [-0.39, 0.29) is 12.5 Å². The molecule has 0 aromatic carbocycles. The van der Waals surface area contributed by atoms with Crippen LogP contribution in [0, 0.1) is 35.0 Å². The van der Waals surface area contributed by atoms with Gasteiger partial charge in [-0.25, -0.2) is 0 Å². The van der Waals surface area contributed by atoms with Gasteiger partial charge in [-0.05, 0) is 85.2 Å². The van der Waals surface area contributed by atoms with Crippen molar-refractivity contribution in [3.63, 3.8) is 0 Å². The molecule has 0 bridgehead atoms. The number of rotatable bonds is 8. The summed E-state index contributed by atoms with van der Waals surface area (Å²) in [6.07, 6.45) is 14.5. The zero-order chi connectivity index (χ0) is 23.5. The number of fused-ring (bicyclic) bond motifs is 1. The van der Waals surface area contributed by atoms with E-state index in [4.69, 9.17) is 0 Å². The monoisotopic (exact) mass is 444 g/mol. The quantitative estimate of drug-likeness (QED) is 0.418. The van der Waals surface area contributed by atoms with Gasteiger partial charge in [0.15, 0.2) is 0 Å². The highest BCUT2D eigenvalue weighted by Crippen LogP contribution is 2.60. The van der Waals surface area contributed by atoms with Gasteiger partial charge in [-0.15, -0.1) is 0 Å². The fourth-order valence-corrected chi connectivity index (χ4v) is 7.31. The van der Waals surface area contributed by atoms with E-state index in [1.54, 1.807) is 5.57 Å². The second-order valence-electron chi connectivity index (χ2n) is 11.7. The topological polar surface area (TPSA) is 60.7 Å². The molecule has 3 nitrogen and oxygen atoms in total. The first-order chi connectivity index (χ1) is 15.2. The first-order valence-corrected chi connectivity index (χ1v) is 13.2. The Kier molecular flexibility index (Phi) is 8.85. The smallest absolute Gasteiger partial charge is 0.0840 e. The summed E-state index contributed by atoms with van der Waals surface area (Å²) in [5.41, 5.74) is 3.66. The summed E-state index contributed by atoms with van der Waals surface area (Å²) in [7, 11) is 0. The molecule has 0 spiro atoms. The third-order valence-corrected chi connectivity index (χ3v) is 9.23. The third-order valence-electron chi connectivity index (χ3n) is 9.23. The fraction of sp³-hybridized carbons (Fsp3) is 0.793. The molecule has 0 aromatic heterocycles. The van der Waals surface area contributed by atoms with Crippen LogP contribution in [0.4, 0.5) is 0 Å². The minimum Gasteiger partial charge on any atom is -0.396 e. The van der Waals surface area contributed by atoms with Crippen LogP contribution in [0.3, 0.4) is 0 Å². The van der Waals surface area contributed by atoms with E-state index in [0.29, 0.717) is 29.7 Å². The van der Waals surface area contributed by atoms with E-state index in [1.165, 1.54) is 51.4 Å². The molecular weight excluding hydrogens is 396 g/mol. The highest BCUT2D eigenvalue weighted by atomic mass is 16.3. The second kappa shape index (κ2) is 11.0. The summed E-state index contributed by atoms with van der Waals surface area (Å²) >= 11 is 0. The van der Waals surface area contributed by atoms with Crippen LogP contribution in [0.15, 0.2) is 35.5 Å². The van der Waals surface area contributed by atoms with E-state index in [2.05, 4.69) is 46.4 Å². The lowest BCUT2D eigenvalue weighted by molar-refractivity contribution is 0.00609. The molecule has 0 unspecified atom stereocenters. The van der Waals surface area contributed by atoms with Crippen LogP contribution in [0.2, 0.25) is 0 Å². The van der Waals surface area contributed by atoms with E-state index in [0.717, 1.165) is 23.3 Å². The Labute approximate surface area is 196 Å². The number of allylic oxidation sites excluding steroid dienone is 3. The normalized spacial score (nSPS) is 39.1. The van der Waals surface area contributed by atoms with Gasteiger partial charge in [0.25, 0.3) is 0 Å². The van der Waals surface area contributed by atoms with E-state index >= 15 is 0 Å². The summed E-state index contributed by atoms with van der Waals surface area (Å²) in [6.45, 7) is 13.8. The Bertz CT molecular complexity index is 705. The molecule has 3 rings (SSSR count). The highest BCUT2D eigenvalue weighted by Gasteiger charge is 2.50. The lowest BCUT2D eigenvalue weighted by Gasteiger charge is -2.44. The van der Waals surface area contributed by atoms with Crippen LogP contribution in [-0.4, -0.2) is 34.1 Å². The Morgan fingerprint density at radius 3 is 2.56 bits per heavy atom. The van der Waals surface area contributed by atoms with Crippen molar-refractivity contribution >= 4 is 0 Å². The Morgan fingerprint density at radius 2 is 1.88 bits per heavy atom. The molecule has 182 valence electrons. The van der Waals surface area contributed by atoms with Crippen LogP contribution in [0.25, 0.3) is 0 Å². The van der Waals surface area contributed by atoms with Crippen LogP contribution in [-0.2, 0) is 0 Å². The van der Waals surface area contributed by atoms with Crippen molar-refractivity contribution in [2.75, 3.05) is 6.61 Å². The Morgan fingerprint density at radius 1 is 1.12 bits per heavy atom. The van der Waals surface area contributed by atoms with Gasteiger partial charge in [0.2, 0.25) is 0 Å². The summed E-state index contributed by atoms with van der Waals surface area (Å²) in [5, 5.41) is 30.4. The number of hydrogen-bond donors (Lipinski definition) is 3. The third kappa shape index (κ3) is 5.42. The van der Waals surface area contributed by atoms with E-state index in [1.807, 2.05) is 0 Å². The van der Waals surface area contributed by atoms with E-state index < -0.39 is 12.2 Å². The second-order valence-corrected chi connectivity index (χ2v) is 11.7. The van der Waals surface area contributed by atoms with Crippen molar-refractivity contribution in [1.82, 2.24) is 0 Å². The minimum atomic E-state index is -0.769. The molecule has 3 N–H and O–H groups in total. The average molecular weight is 445 g/mol. The number of hydrogen-bond acceptors (Lipinski definition) is 3. The largest absolute Gasteiger partial charge is 0.396 e. The summed E-state index contributed by atoms with van der Waals surface area (Å²) in [5.74, 6) is 2.77. The summed E-state index contributed by atoms with van der Waals surface area (Å²) in [6, 6.07) is 0. The standard InChI is InChI=1S/C29H48O3/c1-19(2)8-6-9-20(3)25-13-14-26-22(10-7-16-29(25,26)5)11-12-23-18-27(31)24(15-17-30)28(32)21(23)4/h11-12,19-20,24-28,30-32H,4,6-10,13-18H2,1-3,5H3/b22-11+,23-12-/t20-,24+,25-,26+,27-,28-,29-/m1/s1. The first kappa shape index (κ1) is 25.7. The predicted octanol–water partition coefficient (Wildman–Crippen LogP) is 6.20. The molecule has 0 saturated heterocycles. The Hall–Kier alpha value is -0.900. The highest BCUT2D eigenvalue weighted by molar-refractivity contribution is 5.39. The van der Waals surface area contributed by atoms with Gasteiger partial charge in [0.1, 0.15) is 0 Å². The molecule has 0 aromatic rings. The SMILES string of the molecule is C=C1/C(=C\C=C2/CCC[C@]3(C)[C@@H]([C@H](C)CCCC(C)C)CC[C@@H]23)C[C@@H](O)[C@H](CCO)[C@@H]1O. The van der Waals surface area contributed by atoms with Gasteiger partial charge in [-0.2, -0.15) is 0 Å². The Balaban J connectivity index is 1.71. The summed E-state index contributed by atoms with van der Waals surface area (Å²) in [4.78, 5) is 0. The maximum Gasteiger partial charge on any atom is 0.0840 e. The minimum absolute atomic E-state index is 0.0213. The molecule has 0 amide bonds. The molecule has 3 heteroatoms. The molecule has 0 aliphatic heterocycles. The molecule has 3 aliphatic carbocycles. The zero-order valence-electron chi connectivity index (χ0n) is 21.0. The maximum absolute atomic E-state index is 10.6. The van der Waals surface area contributed by atoms with Crippen LogP contribution in [0.5, 0.6) is 0 Å². The van der Waals surface area contributed by atoms with Gasteiger partial charge in [0.05, 0.1) is 12.2 Å². The van der Waals surface area contributed by atoms with Crippen molar-refractivity contribution in [2.24, 2.45) is 35.0 Å². The fourth-order valence-electron chi connectivity index (χ4n) is 7.31. The van der Waals surface area contributed by atoms with Gasteiger partial charge < -0.3 is 15.3 Å². The van der Waals surface area contributed by atoms with Crippen LogP contribution in [0.1, 0.15) is 91.9 Å². The lowest BCUT2D eigenvalue weighted by Crippen LogP contribution is -2.39.